The molecule has 0 radical (unpaired) electrons. The van der Waals surface area contributed by atoms with E-state index in [1.54, 1.807) is 48.5 Å². The lowest BCUT2D eigenvalue weighted by Gasteiger charge is -2.15. The first-order chi connectivity index (χ1) is 16.8. The van der Waals surface area contributed by atoms with Gasteiger partial charge < -0.3 is 9.47 Å². The van der Waals surface area contributed by atoms with Crippen LogP contribution in [0.15, 0.2) is 65.6 Å². The zero-order chi connectivity index (χ0) is 24.9. The average Bonchev–Trinajstić information content (AvgIpc) is 3.08. The van der Waals surface area contributed by atoms with Gasteiger partial charge in [-0.05, 0) is 100 Å². The summed E-state index contributed by atoms with van der Waals surface area (Å²) >= 11 is 8.97. The van der Waals surface area contributed by atoms with E-state index in [9.17, 15) is 14.0 Å². The fourth-order valence-corrected chi connectivity index (χ4v) is 5.12. The number of rotatable bonds is 8. The number of carbonyl (C=O) groups is 2. The summed E-state index contributed by atoms with van der Waals surface area (Å²) in [6, 6.07) is 16.8. The highest BCUT2D eigenvalue weighted by Gasteiger charge is 2.35. The first-order valence-electron chi connectivity index (χ1n) is 10.7. The molecule has 5 nitrogen and oxygen atoms in total. The number of halogens is 3. The lowest BCUT2D eigenvalue weighted by molar-refractivity contribution is -0.123. The van der Waals surface area contributed by atoms with Gasteiger partial charge in [-0.2, -0.15) is 0 Å². The molecule has 0 unspecified atom stereocenters. The predicted molar refractivity (Wildman–Crippen MR) is 144 cm³/mol. The number of hydrogen-bond donors (Lipinski definition) is 0. The molecule has 35 heavy (non-hydrogen) atoms. The van der Waals surface area contributed by atoms with Crippen molar-refractivity contribution in [1.82, 2.24) is 4.90 Å². The standard InChI is InChI=1S/C26H20ClFINO4S/c1-2-33-22-12-18(11-21(29)24(22)34-15-17-5-9-20(28)10-6-17)13-23-25(31)30(26(32)35-23)14-16-3-7-19(27)8-4-16/h3-13H,2,14-15H2,1H3/b23-13-. The fourth-order valence-electron chi connectivity index (χ4n) is 3.37. The Morgan fingerprint density at radius 2 is 1.71 bits per heavy atom. The SMILES string of the molecule is CCOc1cc(/C=C2\SC(=O)N(Cc3ccc(Cl)cc3)C2=O)cc(I)c1OCc1ccc(F)cc1. The molecule has 0 atom stereocenters. The number of nitrogens with zero attached hydrogens (tertiary/aromatic N) is 1. The third kappa shape index (κ3) is 6.36. The first-order valence-corrected chi connectivity index (χ1v) is 12.9. The van der Waals surface area contributed by atoms with Gasteiger partial charge in [-0.1, -0.05) is 35.9 Å². The number of ether oxygens (including phenoxy) is 2. The van der Waals surface area contributed by atoms with Gasteiger partial charge >= 0.3 is 0 Å². The molecule has 3 aromatic carbocycles. The molecule has 180 valence electrons. The summed E-state index contributed by atoms with van der Waals surface area (Å²) in [7, 11) is 0. The van der Waals surface area contributed by atoms with Crippen LogP contribution in [0.3, 0.4) is 0 Å². The zero-order valence-electron chi connectivity index (χ0n) is 18.6. The number of benzene rings is 3. The van der Waals surface area contributed by atoms with Crippen molar-refractivity contribution < 1.29 is 23.5 Å². The van der Waals surface area contributed by atoms with Gasteiger partial charge in [-0.15, -0.1) is 0 Å². The van der Waals surface area contributed by atoms with Crippen LogP contribution in [-0.2, 0) is 17.9 Å². The van der Waals surface area contributed by atoms with E-state index in [2.05, 4.69) is 22.6 Å². The summed E-state index contributed by atoms with van der Waals surface area (Å²) in [5.41, 5.74) is 2.35. The molecule has 1 saturated heterocycles. The Bertz CT molecular complexity index is 1280. The minimum Gasteiger partial charge on any atom is -0.490 e. The van der Waals surface area contributed by atoms with E-state index >= 15 is 0 Å². The van der Waals surface area contributed by atoms with Gasteiger partial charge in [0, 0.05) is 5.02 Å². The molecule has 0 spiro atoms. The maximum absolute atomic E-state index is 13.2. The second kappa shape index (κ2) is 11.5. The number of hydrogen-bond acceptors (Lipinski definition) is 5. The molecular formula is C26H20ClFINO4S. The zero-order valence-corrected chi connectivity index (χ0v) is 22.3. The largest absolute Gasteiger partial charge is 0.490 e. The third-order valence-corrected chi connectivity index (χ3v) is 7.01. The Hall–Kier alpha value is -2.56. The molecule has 0 aliphatic carbocycles. The maximum Gasteiger partial charge on any atom is 0.293 e. The van der Waals surface area contributed by atoms with Crippen LogP contribution in [0.1, 0.15) is 23.6 Å². The van der Waals surface area contributed by atoms with Crippen molar-refractivity contribution in [3.63, 3.8) is 0 Å². The van der Waals surface area contributed by atoms with Crippen LogP contribution >= 0.6 is 46.0 Å². The molecule has 2 amide bonds. The smallest absolute Gasteiger partial charge is 0.293 e. The van der Waals surface area contributed by atoms with Crippen molar-refractivity contribution in [3.05, 3.63) is 96.7 Å². The minimum atomic E-state index is -0.348. The summed E-state index contributed by atoms with van der Waals surface area (Å²) in [6.45, 7) is 2.71. The van der Waals surface area contributed by atoms with Gasteiger partial charge in [0.25, 0.3) is 11.1 Å². The summed E-state index contributed by atoms with van der Waals surface area (Å²) in [4.78, 5) is 27.0. The van der Waals surface area contributed by atoms with Gasteiger partial charge in [0.05, 0.1) is 21.6 Å². The van der Waals surface area contributed by atoms with Crippen LogP contribution < -0.4 is 9.47 Å². The van der Waals surface area contributed by atoms with Crippen LogP contribution in [0.4, 0.5) is 9.18 Å². The molecule has 1 aliphatic rings. The fraction of sp³-hybridized carbons (Fsp3) is 0.154. The molecule has 0 aromatic heterocycles. The van der Waals surface area contributed by atoms with Crippen LogP contribution in [-0.4, -0.2) is 22.7 Å². The van der Waals surface area contributed by atoms with Gasteiger partial charge in [-0.3, -0.25) is 14.5 Å². The number of carbonyl (C=O) groups excluding carboxylic acids is 2. The van der Waals surface area contributed by atoms with Crippen LogP contribution in [0.2, 0.25) is 5.02 Å². The van der Waals surface area contributed by atoms with Crippen molar-refractivity contribution in [1.29, 1.82) is 0 Å². The molecule has 1 aliphatic heterocycles. The molecular weight excluding hydrogens is 604 g/mol. The Balaban J connectivity index is 1.54. The lowest BCUT2D eigenvalue weighted by atomic mass is 10.1. The van der Waals surface area contributed by atoms with Gasteiger partial charge in [0.15, 0.2) is 11.5 Å². The van der Waals surface area contributed by atoms with Crippen molar-refractivity contribution in [3.8, 4) is 11.5 Å². The van der Waals surface area contributed by atoms with Crippen LogP contribution in [0, 0.1) is 9.39 Å². The molecule has 0 saturated carbocycles. The Morgan fingerprint density at radius 3 is 2.40 bits per heavy atom. The molecule has 9 heteroatoms. The number of amides is 2. The van der Waals surface area contributed by atoms with Crippen molar-refractivity contribution >= 4 is 63.2 Å². The van der Waals surface area contributed by atoms with E-state index in [0.717, 1.165) is 26.5 Å². The summed E-state index contributed by atoms with van der Waals surface area (Å²) in [5, 5.41) is 0.266. The van der Waals surface area contributed by atoms with Gasteiger partial charge in [-0.25, -0.2) is 4.39 Å². The Kier molecular flexibility index (Phi) is 8.35. The number of imide groups is 1. The van der Waals surface area contributed by atoms with Crippen molar-refractivity contribution in [2.45, 2.75) is 20.1 Å². The predicted octanol–water partition coefficient (Wildman–Crippen LogP) is 7.30. The maximum atomic E-state index is 13.2. The van der Waals surface area contributed by atoms with Gasteiger partial charge in [0.1, 0.15) is 12.4 Å². The normalized spacial score (nSPS) is 14.6. The highest BCUT2D eigenvalue weighted by molar-refractivity contribution is 14.1. The third-order valence-electron chi connectivity index (χ3n) is 5.05. The molecule has 4 rings (SSSR count). The first kappa shape index (κ1) is 25.5. The van der Waals surface area contributed by atoms with Gasteiger partial charge in [0.2, 0.25) is 0 Å². The summed E-state index contributed by atoms with van der Waals surface area (Å²) < 4.78 is 25.7. The second-order valence-electron chi connectivity index (χ2n) is 7.57. The van der Waals surface area contributed by atoms with E-state index in [1.807, 2.05) is 13.0 Å². The van der Waals surface area contributed by atoms with E-state index < -0.39 is 0 Å². The van der Waals surface area contributed by atoms with E-state index in [-0.39, 0.29) is 30.1 Å². The monoisotopic (exact) mass is 623 g/mol. The minimum absolute atomic E-state index is 0.178. The summed E-state index contributed by atoms with van der Waals surface area (Å²) in [6.07, 6.45) is 1.68. The van der Waals surface area contributed by atoms with Crippen molar-refractivity contribution in [2.75, 3.05) is 6.61 Å². The Labute approximate surface area is 225 Å². The highest BCUT2D eigenvalue weighted by atomic mass is 127. The topological polar surface area (TPSA) is 55.8 Å². The molecule has 1 fully saturated rings. The van der Waals surface area contributed by atoms with E-state index in [4.69, 9.17) is 21.1 Å². The van der Waals surface area contributed by atoms with E-state index in [1.165, 1.54) is 17.0 Å². The number of thioether (sulfide) groups is 1. The second-order valence-corrected chi connectivity index (χ2v) is 10.2. The van der Waals surface area contributed by atoms with E-state index in [0.29, 0.717) is 33.6 Å². The summed E-state index contributed by atoms with van der Waals surface area (Å²) in [5.74, 6) is 0.428. The quantitative estimate of drug-likeness (QED) is 0.195. The lowest BCUT2D eigenvalue weighted by Crippen LogP contribution is -2.27. The molecule has 0 N–H and O–H groups in total. The average molecular weight is 624 g/mol. The molecule has 1 heterocycles. The molecule has 0 bridgehead atoms. The van der Waals surface area contributed by atoms with Crippen LogP contribution in [0.25, 0.3) is 6.08 Å². The van der Waals surface area contributed by atoms with Crippen LogP contribution in [0.5, 0.6) is 11.5 Å². The highest BCUT2D eigenvalue weighted by Crippen LogP contribution is 2.38. The molecule has 3 aromatic rings. The van der Waals surface area contributed by atoms with Crippen molar-refractivity contribution in [2.24, 2.45) is 0 Å². The Morgan fingerprint density at radius 1 is 1.03 bits per heavy atom.